The zero-order valence-corrected chi connectivity index (χ0v) is 10.6. The topological polar surface area (TPSA) is 49.8 Å². The molecule has 0 atom stereocenters. The van der Waals surface area contributed by atoms with Gasteiger partial charge in [-0.25, -0.2) is 4.39 Å². The third-order valence-electron chi connectivity index (χ3n) is 2.62. The normalized spacial score (nSPS) is 10.4. The number of rotatable bonds is 7. The highest BCUT2D eigenvalue weighted by molar-refractivity contribution is 5.99. The Morgan fingerprint density at radius 2 is 2.17 bits per heavy atom. The quantitative estimate of drug-likeness (QED) is 0.750. The molecule has 4 nitrogen and oxygen atoms in total. The smallest absolute Gasteiger partial charge is 0.161 e. The molecule has 18 heavy (non-hydrogen) atoms. The molecule has 1 N–H and O–H groups in total. The van der Waals surface area contributed by atoms with Crippen LogP contribution in [0.15, 0.2) is 18.2 Å². The standard InChI is InChI=1S/C13H18FNO3/c1-10(17)11-4-3-5-12(14)13(11)15(6-8-16)7-9-18-2/h3-5,16H,6-9H2,1-2H3. The number of hydrogen-bond donors (Lipinski definition) is 1. The van der Waals surface area contributed by atoms with E-state index in [4.69, 9.17) is 9.84 Å². The monoisotopic (exact) mass is 255 g/mol. The first-order chi connectivity index (χ1) is 8.61. The summed E-state index contributed by atoms with van der Waals surface area (Å²) in [5.41, 5.74) is 0.552. The van der Waals surface area contributed by atoms with Crippen molar-refractivity contribution in [2.75, 3.05) is 38.3 Å². The molecule has 1 rings (SSSR count). The summed E-state index contributed by atoms with van der Waals surface area (Å²) in [4.78, 5) is 13.1. The number of para-hydroxylation sites is 1. The maximum atomic E-state index is 13.9. The SMILES string of the molecule is COCCN(CCO)c1c(F)cccc1C(C)=O. The van der Waals surface area contributed by atoms with Crippen molar-refractivity contribution in [3.05, 3.63) is 29.6 Å². The second-order valence-electron chi connectivity index (χ2n) is 3.90. The molecule has 100 valence electrons. The predicted molar refractivity (Wildman–Crippen MR) is 67.6 cm³/mol. The van der Waals surface area contributed by atoms with Gasteiger partial charge in [0.2, 0.25) is 0 Å². The van der Waals surface area contributed by atoms with Crippen LogP contribution in [0.4, 0.5) is 10.1 Å². The van der Waals surface area contributed by atoms with Crippen molar-refractivity contribution in [3.63, 3.8) is 0 Å². The number of benzene rings is 1. The second kappa shape index (κ2) is 7.08. The van der Waals surface area contributed by atoms with Crippen molar-refractivity contribution in [2.24, 2.45) is 0 Å². The molecule has 0 unspecified atom stereocenters. The number of nitrogens with zero attached hydrogens (tertiary/aromatic N) is 1. The van der Waals surface area contributed by atoms with Gasteiger partial charge in [-0.05, 0) is 19.1 Å². The van der Waals surface area contributed by atoms with Gasteiger partial charge in [0.05, 0.1) is 18.9 Å². The summed E-state index contributed by atoms with van der Waals surface area (Å²) in [5.74, 6) is -0.669. The van der Waals surface area contributed by atoms with Gasteiger partial charge in [0.1, 0.15) is 5.82 Å². The van der Waals surface area contributed by atoms with E-state index < -0.39 is 5.82 Å². The number of hydrogen-bond acceptors (Lipinski definition) is 4. The molecular weight excluding hydrogens is 237 g/mol. The molecule has 0 aliphatic rings. The molecule has 0 amide bonds. The van der Waals surface area contributed by atoms with Crippen LogP contribution in [0.25, 0.3) is 0 Å². The van der Waals surface area contributed by atoms with E-state index in [1.807, 2.05) is 0 Å². The number of carbonyl (C=O) groups is 1. The highest BCUT2D eigenvalue weighted by atomic mass is 19.1. The molecule has 0 aromatic heterocycles. The van der Waals surface area contributed by atoms with Crippen molar-refractivity contribution >= 4 is 11.5 Å². The molecule has 0 fully saturated rings. The number of Topliss-reactive ketones (excluding diaryl/α,β-unsaturated/α-hetero) is 1. The number of aliphatic hydroxyl groups excluding tert-OH is 1. The molecule has 0 bridgehead atoms. The number of halogens is 1. The molecule has 1 aromatic rings. The Kier molecular flexibility index (Phi) is 5.74. The van der Waals surface area contributed by atoms with Gasteiger partial charge in [-0.15, -0.1) is 0 Å². The Hall–Kier alpha value is -1.46. The molecular formula is C13H18FNO3. The van der Waals surface area contributed by atoms with Crippen molar-refractivity contribution in [1.29, 1.82) is 0 Å². The summed E-state index contributed by atoms with van der Waals surface area (Å²) in [6.07, 6.45) is 0. The highest BCUT2D eigenvalue weighted by Gasteiger charge is 2.18. The minimum atomic E-state index is -0.466. The lowest BCUT2D eigenvalue weighted by atomic mass is 10.1. The Balaban J connectivity index is 3.12. The fourth-order valence-electron chi connectivity index (χ4n) is 1.78. The van der Waals surface area contributed by atoms with Crippen LogP contribution in [0.5, 0.6) is 0 Å². The Bertz CT molecular complexity index is 409. The van der Waals surface area contributed by atoms with Crippen molar-refractivity contribution < 1.29 is 19.0 Å². The van der Waals surface area contributed by atoms with Gasteiger partial charge in [-0.1, -0.05) is 6.07 Å². The Morgan fingerprint density at radius 3 is 2.72 bits per heavy atom. The van der Waals surface area contributed by atoms with Crippen molar-refractivity contribution in [2.45, 2.75) is 6.92 Å². The zero-order chi connectivity index (χ0) is 13.5. The number of ether oxygens (including phenoxy) is 1. The molecule has 0 saturated heterocycles. The number of carbonyl (C=O) groups excluding carboxylic acids is 1. The first-order valence-electron chi connectivity index (χ1n) is 5.76. The summed E-state index contributed by atoms with van der Waals surface area (Å²) >= 11 is 0. The lowest BCUT2D eigenvalue weighted by Crippen LogP contribution is -2.32. The third-order valence-corrected chi connectivity index (χ3v) is 2.62. The molecule has 0 saturated carbocycles. The van der Waals surface area contributed by atoms with E-state index in [1.54, 1.807) is 18.1 Å². The Morgan fingerprint density at radius 1 is 1.44 bits per heavy atom. The zero-order valence-electron chi connectivity index (χ0n) is 10.6. The van der Waals surface area contributed by atoms with Crippen LogP contribution in [-0.4, -0.2) is 44.3 Å². The van der Waals surface area contributed by atoms with E-state index in [0.717, 1.165) is 0 Å². The van der Waals surface area contributed by atoms with Crippen LogP contribution in [0.2, 0.25) is 0 Å². The van der Waals surface area contributed by atoms with Gasteiger partial charge in [0.15, 0.2) is 5.78 Å². The van der Waals surface area contributed by atoms with Crippen LogP contribution in [0, 0.1) is 5.82 Å². The van der Waals surface area contributed by atoms with Gasteiger partial charge < -0.3 is 14.7 Å². The van der Waals surface area contributed by atoms with Gasteiger partial charge >= 0.3 is 0 Å². The van der Waals surface area contributed by atoms with Crippen molar-refractivity contribution in [1.82, 2.24) is 0 Å². The average Bonchev–Trinajstić information content (AvgIpc) is 2.34. The maximum absolute atomic E-state index is 13.9. The van der Waals surface area contributed by atoms with E-state index in [9.17, 15) is 9.18 Å². The van der Waals surface area contributed by atoms with E-state index in [2.05, 4.69) is 0 Å². The summed E-state index contributed by atoms with van der Waals surface area (Å²) in [5, 5.41) is 9.03. The predicted octanol–water partition coefficient (Wildman–Crippen LogP) is 1.47. The molecule has 0 radical (unpaired) electrons. The summed E-state index contributed by atoms with van der Waals surface area (Å²) in [6.45, 7) is 2.34. The molecule has 0 aliphatic heterocycles. The molecule has 0 spiro atoms. The first kappa shape index (κ1) is 14.6. The fourth-order valence-corrected chi connectivity index (χ4v) is 1.78. The molecule has 0 heterocycles. The molecule has 5 heteroatoms. The van der Waals surface area contributed by atoms with E-state index >= 15 is 0 Å². The van der Waals surface area contributed by atoms with Gasteiger partial charge in [-0.3, -0.25) is 4.79 Å². The first-order valence-corrected chi connectivity index (χ1v) is 5.76. The van der Waals surface area contributed by atoms with Crippen LogP contribution >= 0.6 is 0 Å². The maximum Gasteiger partial charge on any atom is 0.161 e. The van der Waals surface area contributed by atoms with E-state index in [-0.39, 0.29) is 24.6 Å². The van der Waals surface area contributed by atoms with Crippen molar-refractivity contribution in [3.8, 4) is 0 Å². The van der Waals surface area contributed by atoms with E-state index in [0.29, 0.717) is 18.7 Å². The largest absolute Gasteiger partial charge is 0.395 e. The number of ketones is 1. The number of anilines is 1. The van der Waals surface area contributed by atoms with Crippen LogP contribution in [-0.2, 0) is 4.74 Å². The Labute approximate surface area is 106 Å². The van der Waals surface area contributed by atoms with Gasteiger partial charge in [-0.2, -0.15) is 0 Å². The second-order valence-corrected chi connectivity index (χ2v) is 3.90. The summed E-state index contributed by atoms with van der Waals surface area (Å²) in [6, 6.07) is 4.39. The van der Waals surface area contributed by atoms with Gasteiger partial charge in [0, 0.05) is 25.8 Å². The summed E-state index contributed by atoms with van der Waals surface area (Å²) in [7, 11) is 1.55. The lowest BCUT2D eigenvalue weighted by Gasteiger charge is -2.25. The van der Waals surface area contributed by atoms with Crippen LogP contribution in [0.1, 0.15) is 17.3 Å². The molecule has 0 aliphatic carbocycles. The minimum absolute atomic E-state index is 0.116. The third kappa shape index (κ3) is 3.51. The fraction of sp³-hybridized carbons (Fsp3) is 0.462. The van der Waals surface area contributed by atoms with Gasteiger partial charge in [0.25, 0.3) is 0 Å². The average molecular weight is 255 g/mol. The molecule has 1 aromatic carbocycles. The summed E-state index contributed by atoms with van der Waals surface area (Å²) < 4.78 is 18.8. The minimum Gasteiger partial charge on any atom is -0.395 e. The number of aliphatic hydroxyl groups is 1. The van der Waals surface area contributed by atoms with Crippen LogP contribution < -0.4 is 4.90 Å². The number of methoxy groups -OCH3 is 1. The van der Waals surface area contributed by atoms with Crippen LogP contribution in [0.3, 0.4) is 0 Å². The van der Waals surface area contributed by atoms with E-state index in [1.165, 1.54) is 19.1 Å². The lowest BCUT2D eigenvalue weighted by molar-refractivity contribution is 0.101. The highest BCUT2D eigenvalue weighted by Crippen LogP contribution is 2.24.